The molecule has 2 N–H and O–H groups in total. The smallest absolute Gasteiger partial charge is 0.303 e. The number of carbonyl (C=O) groups is 1. The van der Waals surface area contributed by atoms with E-state index >= 15 is 0 Å². The lowest BCUT2D eigenvalue weighted by Crippen LogP contribution is -2.43. The van der Waals surface area contributed by atoms with E-state index in [9.17, 15) is 9.18 Å². The molecule has 3 aliphatic carbocycles. The van der Waals surface area contributed by atoms with E-state index < -0.39 is 5.97 Å². The van der Waals surface area contributed by atoms with Crippen LogP contribution in [-0.4, -0.2) is 17.6 Å². The number of rotatable bonds is 9. The van der Waals surface area contributed by atoms with Crippen molar-refractivity contribution in [2.24, 2.45) is 23.7 Å². The number of halogens is 2. The maximum absolute atomic E-state index is 14.0. The number of aliphatic carboxylic acids is 1. The van der Waals surface area contributed by atoms with Crippen molar-refractivity contribution in [2.75, 3.05) is 6.54 Å². The van der Waals surface area contributed by atoms with Crippen molar-refractivity contribution in [1.82, 2.24) is 5.32 Å². The standard InChI is InChI=1S/C22H29ClFNO2/c23-18-11-10-17(21(24)12-18)13-25-14-20-16-8-6-15(7-9-16)19(20)4-2-1-3-5-22(26)27/h2,4,10-12,15-16,19-20,25H,1,3,5-9,13-14H2,(H,26,27)/b4-2-/t15?,16?,19-,20-/m0/s1. The van der Waals surface area contributed by atoms with E-state index in [-0.39, 0.29) is 12.2 Å². The summed E-state index contributed by atoms with van der Waals surface area (Å²) >= 11 is 5.82. The maximum Gasteiger partial charge on any atom is 0.303 e. The first-order chi connectivity index (χ1) is 13.0. The predicted molar refractivity (Wildman–Crippen MR) is 106 cm³/mol. The molecular weight excluding hydrogens is 365 g/mol. The van der Waals surface area contributed by atoms with Crippen molar-refractivity contribution in [2.45, 2.75) is 51.5 Å². The topological polar surface area (TPSA) is 49.3 Å². The minimum absolute atomic E-state index is 0.235. The van der Waals surface area contributed by atoms with Gasteiger partial charge in [0.05, 0.1) is 0 Å². The van der Waals surface area contributed by atoms with E-state index in [0.717, 1.165) is 24.8 Å². The molecule has 0 heterocycles. The van der Waals surface area contributed by atoms with Crippen molar-refractivity contribution in [3.8, 4) is 0 Å². The normalized spacial score (nSPS) is 27.3. The summed E-state index contributed by atoms with van der Waals surface area (Å²) < 4.78 is 14.0. The fourth-order valence-corrected chi connectivity index (χ4v) is 5.05. The lowest BCUT2D eigenvalue weighted by atomic mass is 9.58. The first-order valence-corrected chi connectivity index (χ1v) is 10.5. The van der Waals surface area contributed by atoms with Gasteiger partial charge in [-0.15, -0.1) is 0 Å². The molecular formula is C22H29ClFNO2. The zero-order valence-corrected chi connectivity index (χ0v) is 16.4. The van der Waals surface area contributed by atoms with Crippen LogP contribution < -0.4 is 5.32 Å². The minimum atomic E-state index is -0.725. The third kappa shape index (κ3) is 5.55. The molecule has 3 fully saturated rings. The van der Waals surface area contributed by atoms with Gasteiger partial charge in [-0.1, -0.05) is 29.8 Å². The van der Waals surface area contributed by atoms with Crippen LogP contribution in [0.3, 0.4) is 0 Å². The maximum atomic E-state index is 14.0. The molecule has 27 heavy (non-hydrogen) atoms. The molecule has 2 bridgehead atoms. The van der Waals surface area contributed by atoms with Crippen molar-refractivity contribution < 1.29 is 14.3 Å². The quantitative estimate of drug-likeness (QED) is 0.434. The number of benzene rings is 1. The molecule has 1 aromatic carbocycles. The van der Waals surface area contributed by atoms with E-state index in [1.807, 2.05) is 0 Å². The van der Waals surface area contributed by atoms with E-state index in [2.05, 4.69) is 17.5 Å². The van der Waals surface area contributed by atoms with E-state index in [0.29, 0.717) is 35.4 Å². The third-order valence-electron chi connectivity index (χ3n) is 6.29. The lowest BCUT2D eigenvalue weighted by molar-refractivity contribution is -0.137. The van der Waals surface area contributed by atoms with Gasteiger partial charge in [0.2, 0.25) is 0 Å². The third-order valence-corrected chi connectivity index (χ3v) is 6.53. The Morgan fingerprint density at radius 2 is 2.00 bits per heavy atom. The molecule has 3 aliphatic rings. The molecule has 148 valence electrons. The number of fused-ring (bicyclic) bond motifs is 3. The Morgan fingerprint density at radius 1 is 1.26 bits per heavy atom. The lowest BCUT2D eigenvalue weighted by Gasteiger charge is -2.48. The van der Waals surface area contributed by atoms with Crippen LogP contribution in [0.15, 0.2) is 30.4 Å². The number of carboxylic acids is 1. The Balaban J connectivity index is 1.54. The largest absolute Gasteiger partial charge is 0.481 e. The number of allylic oxidation sites excluding steroid dienone is 2. The summed E-state index contributed by atoms with van der Waals surface area (Å²) in [5, 5.41) is 12.6. The van der Waals surface area contributed by atoms with Gasteiger partial charge in [0, 0.05) is 23.6 Å². The highest BCUT2D eigenvalue weighted by Gasteiger charge is 2.41. The zero-order valence-electron chi connectivity index (χ0n) is 15.7. The summed E-state index contributed by atoms with van der Waals surface area (Å²) in [6.07, 6.45) is 11.5. The Bertz CT molecular complexity index is 670. The van der Waals surface area contributed by atoms with Crippen LogP contribution in [0, 0.1) is 29.5 Å². The molecule has 0 unspecified atom stereocenters. The van der Waals surface area contributed by atoms with Gasteiger partial charge in [-0.25, -0.2) is 4.39 Å². The zero-order chi connectivity index (χ0) is 19.2. The molecule has 1 aromatic rings. The molecule has 0 radical (unpaired) electrons. The van der Waals surface area contributed by atoms with Gasteiger partial charge in [0.15, 0.2) is 0 Å². The summed E-state index contributed by atoms with van der Waals surface area (Å²) in [5.74, 6) is 1.65. The summed E-state index contributed by atoms with van der Waals surface area (Å²) in [6.45, 7) is 1.42. The Kier molecular flexibility index (Phi) is 7.31. The van der Waals surface area contributed by atoms with Gasteiger partial charge in [-0.3, -0.25) is 4.79 Å². The van der Waals surface area contributed by atoms with Crippen molar-refractivity contribution in [1.29, 1.82) is 0 Å². The molecule has 3 saturated carbocycles. The first-order valence-electron chi connectivity index (χ1n) is 10.1. The van der Waals surface area contributed by atoms with Gasteiger partial charge >= 0.3 is 5.97 Å². The average molecular weight is 394 g/mol. The van der Waals surface area contributed by atoms with Crippen LogP contribution in [0.1, 0.15) is 50.5 Å². The Morgan fingerprint density at radius 3 is 2.70 bits per heavy atom. The van der Waals surface area contributed by atoms with E-state index in [4.69, 9.17) is 16.7 Å². The summed E-state index contributed by atoms with van der Waals surface area (Å²) in [4.78, 5) is 10.6. The molecule has 0 spiro atoms. The van der Waals surface area contributed by atoms with Gasteiger partial charge in [-0.2, -0.15) is 0 Å². The molecule has 0 saturated heterocycles. The summed E-state index contributed by atoms with van der Waals surface area (Å²) in [7, 11) is 0. The second-order valence-electron chi connectivity index (χ2n) is 8.00. The minimum Gasteiger partial charge on any atom is -0.481 e. The van der Waals surface area contributed by atoms with Gasteiger partial charge in [0.25, 0.3) is 0 Å². The molecule has 2 atom stereocenters. The van der Waals surface area contributed by atoms with Crippen LogP contribution in [0.25, 0.3) is 0 Å². The van der Waals surface area contributed by atoms with Crippen LogP contribution in [0.2, 0.25) is 5.02 Å². The molecule has 0 amide bonds. The van der Waals surface area contributed by atoms with Gasteiger partial charge in [-0.05, 0) is 80.9 Å². The number of unbranched alkanes of at least 4 members (excludes halogenated alkanes) is 1. The SMILES string of the molecule is O=C(O)CCC/C=C\[C@H]1C2CCC(CC2)[C@@H]1CNCc1ccc(Cl)cc1F. The first kappa shape index (κ1) is 20.3. The predicted octanol–water partition coefficient (Wildman–Crippen LogP) is 5.43. The number of hydrogen-bond donors (Lipinski definition) is 2. The van der Waals surface area contributed by atoms with Gasteiger partial charge < -0.3 is 10.4 Å². The molecule has 0 aliphatic heterocycles. The van der Waals surface area contributed by atoms with Crippen molar-refractivity contribution in [3.63, 3.8) is 0 Å². The van der Waals surface area contributed by atoms with Crippen molar-refractivity contribution in [3.05, 3.63) is 46.8 Å². The summed E-state index contributed by atoms with van der Waals surface area (Å²) in [5.41, 5.74) is 0.654. The molecule has 0 aromatic heterocycles. The second kappa shape index (κ2) is 9.70. The highest BCUT2D eigenvalue weighted by Crippen LogP contribution is 2.49. The number of carboxylic acid groups (broad SMARTS) is 1. The highest BCUT2D eigenvalue weighted by atomic mass is 35.5. The van der Waals surface area contributed by atoms with E-state index in [1.54, 1.807) is 12.1 Å². The molecule has 5 heteroatoms. The average Bonchev–Trinajstić information content (AvgIpc) is 2.64. The Labute approximate surface area is 166 Å². The summed E-state index contributed by atoms with van der Waals surface area (Å²) in [6, 6.07) is 4.84. The number of hydrogen-bond acceptors (Lipinski definition) is 2. The van der Waals surface area contributed by atoms with Gasteiger partial charge in [0.1, 0.15) is 5.82 Å². The van der Waals surface area contributed by atoms with E-state index in [1.165, 1.54) is 31.7 Å². The van der Waals surface area contributed by atoms with Crippen LogP contribution in [0.4, 0.5) is 4.39 Å². The van der Waals surface area contributed by atoms with Crippen LogP contribution in [-0.2, 0) is 11.3 Å². The highest BCUT2D eigenvalue weighted by molar-refractivity contribution is 6.30. The molecule has 4 rings (SSSR count). The van der Waals surface area contributed by atoms with Crippen LogP contribution in [0.5, 0.6) is 0 Å². The molecule has 3 nitrogen and oxygen atoms in total. The van der Waals surface area contributed by atoms with Crippen molar-refractivity contribution >= 4 is 17.6 Å². The van der Waals surface area contributed by atoms with Crippen LogP contribution >= 0.6 is 11.6 Å². The monoisotopic (exact) mass is 393 g/mol. The fraction of sp³-hybridized carbons (Fsp3) is 0.591. The Hall–Kier alpha value is -1.39. The second-order valence-corrected chi connectivity index (χ2v) is 8.43. The number of nitrogens with one attached hydrogen (secondary N) is 1. The fourth-order valence-electron chi connectivity index (χ4n) is 4.89.